The van der Waals surface area contributed by atoms with Crippen molar-refractivity contribution >= 4 is 32.3 Å². The van der Waals surface area contributed by atoms with E-state index in [9.17, 15) is 0 Å². The molecule has 0 radical (unpaired) electrons. The average Bonchev–Trinajstić information content (AvgIpc) is 3.79. The summed E-state index contributed by atoms with van der Waals surface area (Å²) in [6.07, 6.45) is 2.99. The van der Waals surface area contributed by atoms with Crippen LogP contribution in [0, 0.1) is 0 Å². The van der Waals surface area contributed by atoms with E-state index in [0.29, 0.717) is 0 Å². The standard InChI is InChI=1S/C45H28/c1-4-10-26(11-5-1)27-16-18-30(19-17-27)36-22-33-24-38-34(28-12-6-2-7-13-28)20-31-23-37-35(29-14-8-3-9-15-29)21-32-25-39(36)45-41(32)43(37)40(31)44(38)42(33)45/h1-22H,23-25H2. The van der Waals surface area contributed by atoms with Crippen LogP contribution in [0.15, 0.2) is 133 Å². The Bertz CT molecular complexity index is 2480. The van der Waals surface area contributed by atoms with Crippen LogP contribution in [0.2, 0.25) is 0 Å². The Kier molecular flexibility index (Phi) is 4.57. The van der Waals surface area contributed by atoms with Crippen LogP contribution in [0.3, 0.4) is 0 Å². The van der Waals surface area contributed by atoms with E-state index in [1.165, 1.54) is 110 Å². The largest absolute Gasteiger partial charge is 0.0622 e. The van der Waals surface area contributed by atoms with Gasteiger partial charge < -0.3 is 0 Å². The zero-order chi connectivity index (χ0) is 29.2. The summed E-state index contributed by atoms with van der Waals surface area (Å²) in [6, 6.07) is 49.8. The molecule has 45 heavy (non-hydrogen) atoms. The second-order valence-electron chi connectivity index (χ2n) is 13.1. The number of rotatable bonds is 4. The molecule has 3 aliphatic carbocycles. The maximum absolute atomic E-state index is 2.55. The van der Waals surface area contributed by atoms with Crippen LogP contribution >= 0.6 is 0 Å². The third-order valence-electron chi connectivity index (χ3n) is 10.9. The summed E-state index contributed by atoms with van der Waals surface area (Å²) >= 11 is 0. The predicted molar refractivity (Wildman–Crippen MR) is 189 cm³/mol. The number of hydrogen-bond acceptors (Lipinski definition) is 0. The minimum absolute atomic E-state index is 0.991. The SMILES string of the molecule is c1ccc(-c2ccc(-c3cc4c5c6c(c(-c7ccccc7)cc7c6c6c(c(-c8ccccc8)cc8c6c5c3C8)C7)C4)cc2)cc1. The normalized spacial score (nSPS) is 13.5. The van der Waals surface area contributed by atoms with Crippen molar-refractivity contribution in [3.8, 4) is 44.5 Å². The Morgan fingerprint density at radius 3 is 0.933 bits per heavy atom. The Balaban J connectivity index is 1.23. The third-order valence-corrected chi connectivity index (χ3v) is 10.9. The molecule has 0 fully saturated rings. The van der Waals surface area contributed by atoms with Gasteiger partial charge in [0.15, 0.2) is 0 Å². The van der Waals surface area contributed by atoms with Crippen LogP contribution in [0.4, 0.5) is 0 Å². The first-order valence-corrected chi connectivity index (χ1v) is 16.2. The molecule has 8 aromatic rings. The molecule has 0 atom stereocenters. The van der Waals surface area contributed by atoms with Gasteiger partial charge in [-0.05, 0) is 148 Å². The Morgan fingerprint density at radius 1 is 0.267 bits per heavy atom. The van der Waals surface area contributed by atoms with Crippen molar-refractivity contribution in [2.75, 3.05) is 0 Å². The van der Waals surface area contributed by atoms with E-state index >= 15 is 0 Å². The second-order valence-corrected chi connectivity index (χ2v) is 13.1. The van der Waals surface area contributed by atoms with E-state index in [-0.39, 0.29) is 0 Å². The lowest BCUT2D eigenvalue weighted by atomic mass is 9.88. The maximum atomic E-state index is 2.55. The molecule has 0 aliphatic heterocycles. The fourth-order valence-electron chi connectivity index (χ4n) is 9.04. The van der Waals surface area contributed by atoms with Crippen molar-refractivity contribution in [2.45, 2.75) is 19.3 Å². The molecule has 3 aliphatic rings. The fraction of sp³-hybridized carbons (Fsp3) is 0.0667. The average molecular weight is 569 g/mol. The van der Waals surface area contributed by atoms with Gasteiger partial charge in [-0.2, -0.15) is 0 Å². The van der Waals surface area contributed by atoms with Crippen LogP contribution in [-0.2, 0) is 19.3 Å². The zero-order valence-electron chi connectivity index (χ0n) is 24.8. The van der Waals surface area contributed by atoms with Gasteiger partial charge in [-0.15, -0.1) is 0 Å². The molecule has 0 unspecified atom stereocenters. The Morgan fingerprint density at radius 2 is 0.556 bits per heavy atom. The first-order chi connectivity index (χ1) is 22.3. The Hall–Kier alpha value is -5.46. The van der Waals surface area contributed by atoms with Crippen LogP contribution in [0.25, 0.3) is 76.8 Å². The monoisotopic (exact) mass is 568 g/mol. The summed E-state index contributed by atoms with van der Waals surface area (Å²) in [7, 11) is 0. The highest BCUT2D eigenvalue weighted by atomic mass is 14.4. The zero-order valence-corrected chi connectivity index (χ0v) is 24.8. The fourth-order valence-corrected chi connectivity index (χ4v) is 9.04. The number of benzene rings is 8. The third kappa shape index (κ3) is 3.11. The summed E-state index contributed by atoms with van der Waals surface area (Å²) < 4.78 is 0. The molecule has 0 saturated carbocycles. The molecule has 11 rings (SSSR count). The van der Waals surface area contributed by atoms with Crippen molar-refractivity contribution in [2.24, 2.45) is 0 Å². The van der Waals surface area contributed by atoms with E-state index in [1.54, 1.807) is 0 Å². The molecular weight excluding hydrogens is 540 g/mol. The quantitative estimate of drug-likeness (QED) is 0.185. The molecule has 0 saturated heterocycles. The van der Waals surface area contributed by atoms with E-state index in [1.807, 2.05) is 0 Å². The van der Waals surface area contributed by atoms with Gasteiger partial charge in [0.1, 0.15) is 0 Å². The van der Waals surface area contributed by atoms with Gasteiger partial charge in [-0.25, -0.2) is 0 Å². The van der Waals surface area contributed by atoms with Gasteiger partial charge in [-0.1, -0.05) is 115 Å². The highest BCUT2D eigenvalue weighted by Gasteiger charge is 2.35. The van der Waals surface area contributed by atoms with Crippen molar-refractivity contribution in [3.63, 3.8) is 0 Å². The molecule has 8 aromatic carbocycles. The first kappa shape index (κ1) is 23.9. The molecule has 0 amide bonds. The topological polar surface area (TPSA) is 0 Å². The van der Waals surface area contributed by atoms with Crippen LogP contribution in [-0.4, -0.2) is 0 Å². The van der Waals surface area contributed by atoms with Crippen molar-refractivity contribution in [1.82, 2.24) is 0 Å². The van der Waals surface area contributed by atoms with Gasteiger partial charge in [-0.3, -0.25) is 0 Å². The summed E-state index contributed by atoms with van der Waals surface area (Å²) in [4.78, 5) is 0. The van der Waals surface area contributed by atoms with Crippen LogP contribution in [0.5, 0.6) is 0 Å². The van der Waals surface area contributed by atoms with E-state index in [4.69, 9.17) is 0 Å². The summed E-state index contributed by atoms with van der Waals surface area (Å²) in [6.45, 7) is 0. The predicted octanol–water partition coefficient (Wildman–Crippen LogP) is 11.5. The molecule has 0 bridgehead atoms. The van der Waals surface area contributed by atoms with Gasteiger partial charge >= 0.3 is 0 Å². The highest BCUT2D eigenvalue weighted by molar-refractivity contribution is 6.35. The lowest BCUT2D eigenvalue weighted by molar-refractivity contribution is 1.24. The molecule has 0 spiro atoms. The van der Waals surface area contributed by atoms with E-state index in [0.717, 1.165) is 19.3 Å². The highest BCUT2D eigenvalue weighted by Crippen LogP contribution is 2.57. The number of hydrogen-bond donors (Lipinski definition) is 0. The van der Waals surface area contributed by atoms with Crippen molar-refractivity contribution < 1.29 is 0 Å². The van der Waals surface area contributed by atoms with Crippen molar-refractivity contribution in [1.29, 1.82) is 0 Å². The molecule has 208 valence electrons. The molecule has 0 aromatic heterocycles. The minimum atomic E-state index is 0.991. The van der Waals surface area contributed by atoms with Gasteiger partial charge in [0.25, 0.3) is 0 Å². The molecule has 0 N–H and O–H groups in total. The van der Waals surface area contributed by atoms with Crippen molar-refractivity contribution in [3.05, 3.63) is 167 Å². The van der Waals surface area contributed by atoms with E-state index < -0.39 is 0 Å². The molecular formula is C45H28. The Labute approximate surface area is 262 Å². The summed E-state index contributed by atoms with van der Waals surface area (Å²) in [5, 5.41) is 9.20. The van der Waals surface area contributed by atoms with Crippen LogP contribution in [0.1, 0.15) is 33.4 Å². The van der Waals surface area contributed by atoms with Gasteiger partial charge in [0.2, 0.25) is 0 Å². The lowest BCUT2D eigenvalue weighted by Gasteiger charge is -2.14. The summed E-state index contributed by atoms with van der Waals surface area (Å²) in [5.74, 6) is 0. The second kappa shape index (κ2) is 8.58. The lowest BCUT2D eigenvalue weighted by Crippen LogP contribution is -1.92. The molecule has 0 heteroatoms. The van der Waals surface area contributed by atoms with Gasteiger partial charge in [0.05, 0.1) is 0 Å². The minimum Gasteiger partial charge on any atom is -0.0622 e. The first-order valence-electron chi connectivity index (χ1n) is 16.2. The molecule has 0 nitrogen and oxygen atoms in total. The van der Waals surface area contributed by atoms with Gasteiger partial charge in [0, 0.05) is 0 Å². The molecule has 0 heterocycles. The van der Waals surface area contributed by atoms with E-state index in [2.05, 4.69) is 133 Å². The summed E-state index contributed by atoms with van der Waals surface area (Å²) in [5.41, 5.74) is 19.8. The smallest absolute Gasteiger partial charge is 0.000660 e. The maximum Gasteiger partial charge on any atom is -0.000660 e. The van der Waals surface area contributed by atoms with Crippen LogP contribution < -0.4 is 0 Å².